The van der Waals surface area contributed by atoms with Crippen LogP contribution in [0.15, 0.2) is 18.2 Å². The van der Waals surface area contributed by atoms with Crippen LogP contribution in [0.5, 0.6) is 11.5 Å². The number of hydrogen-bond acceptors (Lipinski definition) is 4. The smallest absolute Gasteiger partial charge is 0.167 e. The Morgan fingerprint density at radius 2 is 2.11 bits per heavy atom. The largest absolute Gasteiger partial charge is 0.497 e. The van der Waals surface area contributed by atoms with E-state index in [1.54, 1.807) is 32.4 Å². The minimum absolute atomic E-state index is 0.0997. The second kappa shape index (κ2) is 5.87. The first kappa shape index (κ1) is 12.9. The number of rotatable bonds is 7. The second-order valence-electron chi connectivity index (χ2n) is 4.47. The zero-order valence-electron chi connectivity index (χ0n) is 10.9. The van der Waals surface area contributed by atoms with Gasteiger partial charge in [-0.1, -0.05) is 0 Å². The van der Waals surface area contributed by atoms with E-state index in [9.17, 15) is 4.79 Å². The molecular formula is C14H19NO3. The Morgan fingerprint density at radius 3 is 2.72 bits per heavy atom. The molecule has 0 aromatic heterocycles. The minimum Gasteiger partial charge on any atom is -0.497 e. The molecule has 0 radical (unpaired) electrons. The van der Waals surface area contributed by atoms with E-state index in [4.69, 9.17) is 9.47 Å². The van der Waals surface area contributed by atoms with Crippen molar-refractivity contribution in [3.8, 4) is 11.5 Å². The maximum atomic E-state index is 12.1. The molecule has 0 atom stereocenters. The van der Waals surface area contributed by atoms with Crippen LogP contribution in [0, 0.1) is 0 Å². The van der Waals surface area contributed by atoms with Gasteiger partial charge in [0.2, 0.25) is 0 Å². The summed E-state index contributed by atoms with van der Waals surface area (Å²) in [6.45, 7) is 0.735. The zero-order valence-corrected chi connectivity index (χ0v) is 10.9. The van der Waals surface area contributed by atoms with Gasteiger partial charge in [0.05, 0.1) is 19.8 Å². The van der Waals surface area contributed by atoms with E-state index < -0.39 is 0 Å². The van der Waals surface area contributed by atoms with Crippen LogP contribution >= 0.6 is 0 Å². The quantitative estimate of drug-likeness (QED) is 0.751. The molecular weight excluding hydrogens is 230 g/mol. The van der Waals surface area contributed by atoms with Crippen molar-refractivity contribution in [2.45, 2.75) is 25.3 Å². The second-order valence-corrected chi connectivity index (χ2v) is 4.47. The molecule has 98 valence electrons. The summed E-state index contributed by atoms with van der Waals surface area (Å²) < 4.78 is 10.3. The van der Waals surface area contributed by atoms with Gasteiger partial charge in [0, 0.05) is 25.1 Å². The molecule has 1 aliphatic carbocycles. The summed E-state index contributed by atoms with van der Waals surface area (Å²) in [6.07, 6.45) is 2.97. The number of ether oxygens (including phenoxy) is 2. The monoisotopic (exact) mass is 249 g/mol. The molecule has 1 aromatic rings. The summed E-state index contributed by atoms with van der Waals surface area (Å²) in [5.41, 5.74) is 0.621. The summed E-state index contributed by atoms with van der Waals surface area (Å²) in [4.78, 5) is 12.1. The average Bonchev–Trinajstić information content (AvgIpc) is 3.21. The van der Waals surface area contributed by atoms with E-state index in [0.717, 1.165) is 6.54 Å². The van der Waals surface area contributed by atoms with E-state index in [-0.39, 0.29) is 5.78 Å². The fourth-order valence-electron chi connectivity index (χ4n) is 1.84. The Balaban J connectivity index is 1.98. The predicted molar refractivity (Wildman–Crippen MR) is 69.5 cm³/mol. The third-order valence-corrected chi connectivity index (χ3v) is 3.07. The lowest BCUT2D eigenvalue weighted by Crippen LogP contribution is -2.20. The number of hydrogen-bond donors (Lipinski definition) is 1. The van der Waals surface area contributed by atoms with Gasteiger partial charge in [-0.3, -0.25) is 4.79 Å². The molecule has 1 aromatic carbocycles. The van der Waals surface area contributed by atoms with Gasteiger partial charge in [0.25, 0.3) is 0 Å². The zero-order chi connectivity index (χ0) is 13.0. The molecule has 0 amide bonds. The molecule has 0 heterocycles. The number of methoxy groups -OCH3 is 2. The first-order valence-electron chi connectivity index (χ1n) is 6.23. The molecule has 4 heteroatoms. The summed E-state index contributed by atoms with van der Waals surface area (Å²) in [5, 5.41) is 3.33. The molecule has 0 unspecified atom stereocenters. The molecule has 0 bridgehead atoms. The van der Waals surface area contributed by atoms with Gasteiger partial charge in [0.15, 0.2) is 5.78 Å². The first-order valence-corrected chi connectivity index (χ1v) is 6.23. The Morgan fingerprint density at radius 1 is 1.33 bits per heavy atom. The molecule has 1 aliphatic rings. The number of ketones is 1. The van der Waals surface area contributed by atoms with Gasteiger partial charge < -0.3 is 14.8 Å². The number of carbonyl (C=O) groups is 1. The molecule has 4 nitrogen and oxygen atoms in total. The molecule has 0 saturated heterocycles. The number of carbonyl (C=O) groups excluding carboxylic acids is 1. The highest BCUT2D eigenvalue weighted by atomic mass is 16.5. The highest BCUT2D eigenvalue weighted by molar-refractivity contribution is 5.99. The van der Waals surface area contributed by atoms with Crippen molar-refractivity contribution in [3.63, 3.8) is 0 Å². The Labute approximate surface area is 107 Å². The molecule has 1 N–H and O–H groups in total. The Hall–Kier alpha value is -1.55. The normalized spacial score (nSPS) is 14.3. The van der Waals surface area contributed by atoms with Crippen molar-refractivity contribution in [1.82, 2.24) is 5.32 Å². The van der Waals surface area contributed by atoms with Gasteiger partial charge in [-0.2, -0.15) is 0 Å². The van der Waals surface area contributed by atoms with E-state index >= 15 is 0 Å². The van der Waals surface area contributed by atoms with Crippen LogP contribution in [0.2, 0.25) is 0 Å². The fraction of sp³-hybridized carbons (Fsp3) is 0.500. The number of Topliss-reactive ketones (excluding diaryl/α,β-unsaturated/α-hetero) is 1. The highest BCUT2D eigenvalue weighted by Gasteiger charge is 2.20. The molecule has 1 saturated carbocycles. The van der Waals surface area contributed by atoms with Crippen molar-refractivity contribution >= 4 is 5.78 Å². The minimum atomic E-state index is 0.0997. The molecule has 0 spiro atoms. The Bertz CT molecular complexity index is 427. The lowest BCUT2D eigenvalue weighted by Gasteiger charge is -2.09. The molecule has 0 aliphatic heterocycles. The van der Waals surface area contributed by atoms with Crippen LogP contribution in [0.25, 0.3) is 0 Å². The molecule has 18 heavy (non-hydrogen) atoms. The van der Waals surface area contributed by atoms with Crippen molar-refractivity contribution in [1.29, 1.82) is 0 Å². The van der Waals surface area contributed by atoms with Crippen LogP contribution in [0.1, 0.15) is 29.6 Å². The lowest BCUT2D eigenvalue weighted by molar-refractivity contribution is 0.0979. The Kier molecular flexibility index (Phi) is 4.20. The van der Waals surface area contributed by atoms with E-state index in [2.05, 4.69) is 5.32 Å². The summed E-state index contributed by atoms with van der Waals surface area (Å²) in [7, 11) is 3.16. The third-order valence-electron chi connectivity index (χ3n) is 3.07. The van der Waals surface area contributed by atoms with Crippen LogP contribution in [0.4, 0.5) is 0 Å². The molecule has 1 fully saturated rings. The van der Waals surface area contributed by atoms with Crippen LogP contribution < -0.4 is 14.8 Å². The standard InChI is InChI=1S/C14H19NO3/c1-17-11-5-6-12(14(9-11)18-2)13(16)7-8-15-10-3-4-10/h5-6,9-10,15H,3-4,7-8H2,1-2H3. The third kappa shape index (κ3) is 3.23. The topological polar surface area (TPSA) is 47.6 Å². The summed E-state index contributed by atoms with van der Waals surface area (Å²) in [6, 6.07) is 5.92. The maximum Gasteiger partial charge on any atom is 0.167 e. The van der Waals surface area contributed by atoms with Gasteiger partial charge >= 0.3 is 0 Å². The maximum absolute atomic E-state index is 12.1. The number of benzene rings is 1. The van der Waals surface area contributed by atoms with Crippen molar-refractivity contribution < 1.29 is 14.3 Å². The van der Waals surface area contributed by atoms with Crippen LogP contribution in [-0.2, 0) is 0 Å². The van der Waals surface area contributed by atoms with E-state index in [1.807, 2.05) is 0 Å². The summed E-state index contributed by atoms with van der Waals surface area (Å²) >= 11 is 0. The molecule has 2 rings (SSSR count). The number of nitrogens with one attached hydrogen (secondary N) is 1. The summed E-state index contributed by atoms with van der Waals surface area (Å²) in [5.74, 6) is 1.37. The van der Waals surface area contributed by atoms with Gasteiger partial charge in [-0.25, -0.2) is 0 Å². The van der Waals surface area contributed by atoms with Gasteiger partial charge in [-0.15, -0.1) is 0 Å². The predicted octanol–water partition coefficient (Wildman–Crippen LogP) is 2.03. The first-order chi connectivity index (χ1) is 8.74. The van der Waals surface area contributed by atoms with Crippen molar-refractivity contribution in [2.75, 3.05) is 20.8 Å². The van der Waals surface area contributed by atoms with Crippen LogP contribution in [-0.4, -0.2) is 32.6 Å². The average molecular weight is 249 g/mol. The lowest BCUT2D eigenvalue weighted by atomic mass is 10.1. The SMILES string of the molecule is COc1ccc(C(=O)CCNC2CC2)c(OC)c1. The van der Waals surface area contributed by atoms with E-state index in [1.165, 1.54) is 12.8 Å². The van der Waals surface area contributed by atoms with E-state index in [0.29, 0.717) is 29.5 Å². The van der Waals surface area contributed by atoms with Crippen molar-refractivity contribution in [3.05, 3.63) is 23.8 Å². The van der Waals surface area contributed by atoms with Crippen molar-refractivity contribution in [2.24, 2.45) is 0 Å². The van der Waals surface area contributed by atoms with Gasteiger partial charge in [0.1, 0.15) is 11.5 Å². The highest BCUT2D eigenvalue weighted by Crippen LogP contribution is 2.25. The van der Waals surface area contributed by atoms with Gasteiger partial charge in [-0.05, 0) is 25.0 Å². The van der Waals surface area contributed by atoms with Crippen LogP contribution in [0.3, 0.4) is 0 Å². The fourth-order valence-corrected chi connectivity index (χ4v) is 1.84.